The molecule has 0 radical (unpaired) electrons. The molecule has 1 saturated carbocycles. The van der Waals surface area contributed by atoms with Gasteiger partial charge >= 0.3 is 5.97 Å². The van der Waals surface area contributed by atoms with E-state index in [0.717, 1.165) is 25.7 Å². The van der Waals surface area contributed by atoms with Gasteiger partial charge in [0.25, 0.3) is 0 Å². The Bertz CT molecular complexity index is 523. The van der Waals surface area contributed by atoms with Gasteiger partial charge in [-0.05, 0) is 24.8 Å². The van der Waals surface area contributed by atoms with Crippen molar-refractivity contribution < 1.29 is 19.4 Å². The van der Waals surface area contributed by atoms with Crippen LogP contribution in [0, 0.1) is 5.41 Å². The molecule has 0 bridgehead atoms. The summed E-state index contributed by atoms with van der Waals surface area (Å²) in [6.45, 7) is 0.668. The number of nitrogens with one attached hydrogen (secondary N) is 1. The molecule has 126 valence electrons. The Labute approximate surface area is 137 Å². The minimum absolute atomic E-state index is 0.0331. The first-order valence-corrected chi connectivity index (χ1v) is 8.14. The Kier molecular flexibility index (Phi) is 6.16. The zero-order valence-electron chi connectivity index (χ0n) is 13.6. The lowest BCUT2D eigenvalue weighted by atomic mass is 9.81. The summed E-state index contributed by atoms with van der Waals surface area (Å²) in [5.74, 6) is -1.68. The molecule has 5 nitrogen and oxygen atoms in total. The fourth-order valence-corrected chi connectivity index (χ4v) is 3.36. The minimum Gasteiger partial charge on any atom is -0.481 e. The van der Waals surface area contributed by atoms with E-state index < -0.39 is 17.3 Å². The Balaban J connectivity index is 2.02. The van der Waals surface area contributed by atoms with Crippen molar-refractivity contribution in [3.63, 3.8) is 0 Å². The van der Waals surface area contributed by atoms with Crippen molar-refractivity contribution in [1.29, 1.82) is 0 Å². The summed E-state index contributed by atoms with van der Waals surface area (Å²) in [4.78, 5) is 24.2. The first-order valence-electron chi connectivity index (χ1n) is 8.14. The number of hydrogen-bond donors (Lipinski definition) is 2. The Morgan fingerprint density at radius 1 is 1.26 bits per heavy atom. The second-order valence-corrected chi connectivity index (χ2v) is 6.24. The minimum atomic E-state index is -0.922. The number of aliphatic carboxylic acids is 1. The molecule has 0 spiro atoms. The standard InChI is InChI=1S/C18H25NO4/c1-23-12-11-18(9-5-6-10-18)17(22)19-13-15(16(20)21)14-7-3-2-4-8-14/h2-4,7-8,15H,5-6,9-13H2,1H3,(H,19,22)(H,20,21). The zero-order chi connectivity index (χ0) is 16.7. The van der Waals surface area contributed by atoms with Crippen molar-refractivity contribution in [2.75, 3.05) is 20.3 Å². The van der Waals surface area contributed by atoms with E-state index in [1.165, 1.54) is 0 Å². The van der Waals surface area contributed by atoms with Gasteiger partial charge < -0.3 is 15.2 Å². The van der Waals surface area contributed by atoms with Crippen LogP contribution in [0.4, 0.5) is 0 Å². The van der Waals surface area contributed by atoms with Crippen LogP contribution in [0.2, 0.25) is 0 Å². The van der Waals surface area contributed by atoms with Gasteiger partial charge in [-0.2, -0.15) is 0 Å². The lowest BCUT2D eigenvalue weighted by Gasteiger charge is -2.28. The summed E-state index contributed by atoms with van der Waals surface area (Å²) in [7, 11) is 1.64. The Morgan fingerprint density at radius 2 is 1.91 bits per heavy atom. The van der Waals surface area contributed by atoms with Crippen LogP contribution in [0.15, 0.2) is 30.3 Å². The van der Waals surface area contributed by atoms with E-state index in [1.54, 1.807) is 19.2 Å². The molecular formula is C18H25NO4. The summed E-state index contributed by atoms with van der Waals surface area (Å²) < 4.78 is 5.14. The van der Waals surface area contributed by atoms with Crippen molar-refractivity contribution in [3.05, 3.63) is 35.9 Å². The number of benzene rings is 1. The molecule has 1 atom stereocenters. The molecule has 0 saturated heterocycles. The molecule has 5 heteroatoms. The van der Waals surface area contributed by atoms with Crippen LogP contribution < -0.4 is 5.32 Å². The number of amides is 1. The SMILES string of the molecule is COCCC1(C(=O)NCC(C(=O)O)c2ccccc2)CCCC1. The lowest BCUT2D eigenvalue weighted by Crippen LogP contribution is -2.42. The number of hydrogen-bond acceptors (Lipinski definition) is 3. The highest BCUT2D eigenvalue weighted by Gasteiger charge is 2.40. The lowest BCUT2D eigenvalue weighted by molar-refractivity contribution is -0.139. The molecule has 0 aliphatic heterocycles. The summed E-state index contributed by atoms with van der Waals surface area (Å²) in [5.41, 5.74) is 0.313. The third kappa shape index (κ3) is 4.32. The van der Waals surface area contributed by atoms with Crippen molar-refractivity contribution in [3.8, 4) is 0 Å². The molecule has 2 N–H and O–H groups in total. The van der Waals surface area contributed by atoms with Gasteiger partial charge in [-0.25, -0.2) is 0 Å². The second-order valence-electron chi connectivity index (χ2n) is 6.24. The quantitative estimate of drug-likeness (QED) is 0.772. The summed E-state index contributed by atoms with van der Waals surface area (Å²) in [6, 6.07) is 9.02. The molecular weight excluding hydrogens is 294 g/mol. The number of carbonyl (C=O) groups excluding carboxylic acids is 1. The van der Waals surface area contributed by atoms with Gasteiger partial charge in [0, 0.05) is 20.3 Å². The van der Waals surface area contributed by atoms with Crippen molar-refractivity contribution in [2.24, 2.45) is 5.41 Å². The van der Waals surface area contributed by atoms with E-state index in [2.05, 4.69) is 5.32 Å². The number of ether oxygens (including phenoxy) is 1. The average Bonchev–Trinajstić information content (AvgIpc) is 3.04. The number of carboxylic acids is 1. The van der Waals surface area contributed by atoms with Gasteiger partial charge in [-0.15, -0.1) is 0 Å². The van der Waals surface area contributed by atoms with E-state index in [-0.39, 0.29) is 12.5 Å². The van der Waals surface area contributed by atoms with Crippen molar-refractivity contribution in [1.82, 2.24) is 5.32 Å². The van der Waals surface area contributed by atoms with E-state index in [4.69, 9.17) is 4.74 Å². The maximum atomic E-state index is 12.7. The Morgan fingerprint density at radius 3 is 2.48 bits per heavy atom. The third-order valence-electron chi connectivity index (χ3n) is 4.79. The Hall–Kier alpha value is -1.88. The number of carbonyl (C=O) groups is 2. The maximum Gasteiger partial charge on any atom is 0.312 e. The predicted octanol–water partition coefficient (Wildman–Crippen LogP) is 2.57. The number of rotatable bonds is 8. The van der Waals surface area contributed by atoms with Crippen molar-refractivity contribution in [2.45, 2.75) is 38.0 Å². The topological polar surface area (TPSA) is 75.6 Å². The molecule has 1 aromatic rings. The summed E-state index contributed by atoms with van der Waals surface area (Å²) in [5, 5.41) is 12.3. The van der Waals surface area contributed by atoms with Crippen LogP contribution in [0.1, 0.15) is 43.6 Å². The van der Waals surface area contributed by atoms with Gasteiger partial charge in [0.2, 0.25) is 5.91 Å². The molecule has 1 unspecified atom stereocenters. The third-order valence-corrected chi connectivity index (χ3v) is 4.79. The van der Waals surface area contributed by atoms with Gasteiger partial charge in [-0.1, -0.05) is 43.2 Å². The van der Waals surface area contributed by atoms with E-state index in [0.29, 0.717) is 18.6 Å². The van der Waals surface area contributed by atoms with E-state index >= 15 is 0 Å². The zero-order valence-corrected chi connectivity index (χ0v) is 13.6. The van der Waals surface area contributed by atoms with Crippen LogP contribution in [-0.2, 0) is 14.3 Å². The first-order chi connectivity index (χ1) is 11.1. The molecule has 1 aliphatic rings. The van der Waals surface area contributed by atoms with Gasteiger partial charge in [-0.3, -0.25) is 9.59 Å². The average molecular weight is 319 g/mol. The largest absolute Gasteiger partial charge is 0.481 e. The number of carboxylic acid groups (broad SMARTS) is 1. The van der Waals surface area contributed by atoms with Crippen LogP contribution in [0.25, 0.3) is 0 Å². The fourth-order valence-electron chi connectivity index (χ4n) is 3.36. The fraction of sp³-hybridized carbons (Fsp3) is 0.556. The van der Waals surface area contributed by atoms with Gasteiger partial charge in [0.15, 0.2) is 0 Å². The summed E-state index contributed by atoms with van der Waals surface area (Å²) >= 11 is 0. The molecule has 1 aliphatic carbocycles. The number of methoxy groups -OCH3 is 1. The van der Waals surface area contributed by atoms with E-state index in [1.807, 2.05) is 18.2 Å². The molecule has 1 aromatic carbocycles. The normalized spacial score (nSPS) is 17.6. The molecule has 2 rings (SSSR count). The highest BCUT2D eigenvalue weighted by Crippen LogP contribution is 2.41. The van der Waals surface area contributed by atoms with Crippen LogP contribution in [0.3, 0.4) is 0 Å². The molecule has 0 aromatic heterocycles. The van der Waals surface area contributed by atoms with Crippen LogP contribution >= 0.6 is 0 Å². The monoisotopic (exact) mass is 319 g/mol. The first kappa shape index (κ1) is 17.5. The molecule has 23 heavy (non-hydrogen) atoms. The summed E-state index contributed by atoms with van der Waals surface area (Å²) in [6.07, 6.45) is 4.48. The molecule has 1 amide bonds. The van der Waals surface area contributed by atoms with E-state index in [9.17, 15) is 14.7 Å². The highest BCUT2D eigenvalue weighted by molar-refractivity contribution is 5.84. The predicted molar refractivity (Wildman–Crippen MR) is 87.2 cm³/mol. The molecule has 0 heterocycles. The van der Waals surface area contributed by atoms with Gasteiger partial charge in [0.1, 0.15) is 0 Å². The maximum absolute atomic E-state index is 12.7. The van der Waals surface area contributed by atoms with Crippen LogP contribution in [-0.4, -0.2) is 37.2 Å². The van der Waals surface area contributed by atoms with Gasteiger partial charge in [0.05, 0.1) is 11.3 Å². The molecule has 1 fully saturated rings. The highest BCUT2D eigenvalue weighted by atomic mass is 16.5. The second kappa shape index (κ2) is 8.11. The smallest absolute Gasteiger partial charge is 0.312 e. The van der Waals surface area contributed by atoms with Crippen molar-refractivity contribution >= 4 is 11.9 Å². The van der Waals surface area contributed by atoms with Crippen LogP contribution in [0.5, 0.6) is 0 Å².